The first-order valence-corrected chi connectivity index (χ1v) is 11.4. The molecule has 1 fully saturated rings. The Kier molecular flexibility index (Phi) is 7.45. The van der Waals surface area contributed by atoms with Crippen LogP contribution < -0.4 is 10.1 Å². The monoisotopic (exact) mass is 475 g/mol. The summed E-state index contributed by atoms with van der Waals surface area (Å²) >= 11 is 11.7. The highest BCUT2D eigenvalue weighted by Gasteiger charge is 2.22. The Morgan fingerprint density at radius 1 is 1.19 bits per heavy atom. The van der Waals surface area contributed by atoms with Crippen LogP contribution in [0.4, 0.5) is 4.39 Å². The quantitative estimate of drug-likeness (QED) is 0.454. The van der Waals surface area contributed by atoms with E-state index in [4.69, 9.17) is 27.9 Å². The van der Waals surface area contributed by atoms with Gasteiger partial charge in [0, 0.05) is 36.1 Å². The fourth-order valence-corrected chi connectivity index (χ4v) is 4.18. The number of halogens is 3. The number of nitrogens with one attached hydrogen (secondary N) is 1. The average molecular weight is 476 g/mol. The second-order valence-electron chi connectivity index (χ2n) is 7.98. The first-order chi connectivity index (χ1) is 15.5. The molecule has 1 aromatic heterocycles. The van der Waals surface area contributed by atoms with E-state index >= 15 is 0 Å². The number of carbonyl (C=O) groups excluding carboxylic acids is 1. The number of pyridine rings is 1. The zero-order chi connectivity index (χ0) is 22.5. The van der Waals surface area contributed by atoms with Gasteiger partial charge in [-0.15, -0.1) is 0 Å². The third-order valence-corrected chi connectivity index (χ3v) is 6.13. The van der Waals surface area contributed by atoms with Gasteiger partial charge in [0.2, 0.25) is 0 Å². The summed E-state index contributed by atoms with van der Waals surface area (Å²) in [5.74, 6) is 0.254. The number of nitrogens with zero attached hydrogens (tertiary/aromatic N) is 2. The zero-order valence-electron chi connectivity index (χ0n) is 17.5. The Morgan fingerprint density at radius 3 is 2.91 bits per heavy atom. The molecule has 1 aliphatic rings. The standard InChI is InChI=1S/C24H24Cl2FN3O2/c25-18-3-7-22-17(12-18)2-6-23(29-22)24(31)28-14-16-8-10-30(15-16)9-1-11-32-19-4-5-20(26)21(27)13-19/h2-7,12-13,16H,1,8-11,14-15H2,(H,28,31). The SMILES string of the molecule is O=C(NCC1CCN(CCCOc2ccc(Cl)c(F)c2)C1)c1ccc2cc(Cl)ccc2n1. The van der Waals surface area contributed by atoms with Gasteiger partial charge in [-0.3, -0.25) is 4.79 Å². The number of amides is 1. The maximum Gasteiger partial charge on any atom is 0.269 e. The van der Waals surface area contributed by atoms with Gasteiger partial charge in [-0.2, -0.15) is 0 Å². The van der Waals surface area contributed by atoms with E-state index in [1.54, 1.807) is 18.2 Å². The van der Waals surface area contributed by atoms with Crippen molar-refractivity contribution in [2.75, 3.05) is 32.8 Å². The van der Waals surface area contributed by atoms with Crippen molar-refractivity contribution in [1.29, 1.82) is 0 Å². The van der Waals surface area contributed by atoms with Crippen LogP contribution in [0.5, 0.6) is 5.75 Å². The number of benzene rings is 2. The Bertz CT molecular complexity index is 1110. The molecule has 0 aliphatic carbocycles. The van der Waals surface area contributed by atoms with Gasteiger partial charge in [-0.1, -0.05) is 29.3 Å². The molecule has 8 heteroatoms. The maximum absolute atomic E-state index is 13.4. The number of hydrogen-bond donors (Lipinski definition) is 1. The molecule has 5 nitrogen and oxygen atoms in total. The Morgan fingerprint density at radius 2 is 2.06 bits per heavy atom. The Hall–Kier alpha value is -2.41. The first-order valence-electron chi connectivity index (χ1n) is 10.6. The maximum atomic E-state index is 13.4. The van der Waals surface area contributed by atoms with Crippen molar-refractivity contribution in [2.45, 2.75) is 12.8 Å². The van der Waals surface area contributed by atoms with E-state index in [2.05, 4.69) is 15.2 Å². The Labute approximate surface area is 196 Å². The summed E-state index contributed by atoms with van der Waals surface area (Å²) in [5, 5.41) is 4.66. The lowest BCUT2D eigenvalue weighted by molar-refractivity contribution is 0.0942. The molecule has 0 radical (unpaired) electrons. The molecular weight excluding hydrogens is 452 g/mol. The second-order valence-corrected chi connectivity index (χ2v) is 8.82. The molecule has 1 atom stereocenters. The van der Waals surface area contributed by atoms with Crippen LogP contribution in [0.3, 0.4) is 0 Å². The molecule has 3 aromatic rings. The molecule has 0 saturated carbocycles. The van der Waals surface area contributed by atoms with Gasteiger partial charge >= 0.3 is 0 Å². The van der Waals surface area contributed by atoms with Gasteiger partial charge in [0.1, 0.15) is 17.3 Å². The number of fused-ring (bicyclic) bond motifs is 1. The molecule has 1 saturated heterocycles. The third-order valence-electron chi connectivity index (χ3n) is 5.58. The van der Waals surface area contributed by atoms with Crippen LogP contribution in [0.15, 0.2) is 48.5 Å². The predicted octanol–water partition coefficient (Wildman–Crippen LogP) is 5.20. The fourth-order valence-electron chi connectivity index (χ4n) is 3.88. The van der Waals surface area contributed by atoms with Crippen molar-refractivity contribution in [3.05, 3.63) is 70.1 Å². The molecule has 0 bridgehead atoms. The van der Waals surface area contributed by atoms with Crippen molar-refractivity contribution in [3.63, 3.8) is 0 Å². The molecular formula is C24H24Cl2FN3O2. The molecule has 1 N–H and O–H groups in total. The fraction of sp³-hybridized carbons (Fsp3) is 0.333. The zero-order valence-corrected chi connectivity index (χ0v) is 19.0. The number of ether oxygens (including phenoxy) is 1. The van der Waals surface area contributed by atoms with E-state index in [-0.39, 0.29) is 10.9 Å². The molecule has 0 spiro atoms. The van der Waals surface area contributed by atoms with Crippen LogP contribution in [0.1, 0.15) is 23.3 Å². The van der Waals surface area contributed by atoms with Crippen LogP contribution in [0.2, 0.25) is 10.0 Å². The first kappa shape index (κ1) is 22.8. The van der Waals surface area contributed by atoms with Crippen LogP contribution in [0, 0.1) is 11.7 Å². The van der Waals surface area contributed by atoms with Crippen molar-refractivity contribution >= 4 is 40.0 Å². The summed E-state index contributed by atoms with van der Waals surface area (Å²) < 4.78 is 19.0. The van der Waals surface area contributed by atoms with Crippen molar-refractivity contribution in [1.82, 2.24) is 15.2 Å². The van der Waals surface area contributed by atoms with Gasteiger partial charge in [-0.25, -0.2) is 9.37 Å². The van der Waals surface area contributed by atoms with Crippen molar-refractivity contribution in [3.8, 4) is 5.75 Å². The summed E-state index contributed by atoms with van der Waals surface area (Å²) in [6.45, 7) is 3.95. The van der Waals surface area contributed by atoms with E-state index in [0.29, 0.717) is 35.5 Å². The number of likely N-dealkylation sites (tertiary alicyclic amines) is 1. The molecule has 1 amide bonds. The number of aromatic nitrogens is 1. The number of hydrogen-bond acceptors (Lipinski definition) is 4. The van der Waals surface area contributed by atoms with Gasteiger partial charge in [0.15, 0.2) is 0 Å². The molecule has 32 heavy (non-hydrogen) atoms. The number of rotatable bonds is 8. The van der Waals surface area contributed by atoms with Crippen LogP contribution in [0.25, 0.3) is 10.9 Å². The summed E-state index contributed by atoms with van der Waals surface area (Å²) in [7, 11) is 0. The number of carbonyl (C=O) groups is 1. The molecule has 168 valence electrons. The smallest absolute Gasteiger partial charge is 0.269 e. The molecule has 2 heterocycles. The van der Waals surface area contributed by atoms with Gasteiger partial charge in [0.05, 0.1) is 17.1 Å². The van der Waals surface area contributed by atoms with E-state index < -0.39 is 5.82 Å². The lowest BCUT2D eigenvalue weighted by Gasteiger charge is -2.16. The topological polar surface area (TPSA) is 54.5 Å². The molecule has 1 aliphatic heterocycles. The van der Waals surface area contributed by atoms with Crippen LogP contribution >= 0.6 is 23.2 Å². The molecule has 4 rings (SSSR count). The van der Waals surface area contributed by atoms with E-state index in [1.807, 2.05) is 18.2 Å². The highest BCUT2D eigenvalue weighted by Crippen LogP contribution is 2.21. The van der Waals surface area contributed by atoms with Crippen LogP contribution in [-0.4, -0.2) is 48.6 Å². The van der Waals surface area contributed by atoms with Gasteiger partial charge in [-0.05, 0) is 61.7 Å². The minimum atomic E-state index is -0.475. The Balaban J connectivity index is 1.17. The summed E-state index contributed by atoms with van der Waals surface area (Å²) in [6.07, 6.45) is 1.88. The molecule has 1 unspecified atom stereocenters. The lowest BCUT2D eigenvalue weighted by atomic mass is 10.1. The van der Waals surface area contributed by atoms with Crippen LogP contribution in [-0.2, 0) is 0 Å². The van der Waals surface area contributed by atoms with Gasteiger partial charge in [0.25, 0.3) is 5.91 Å². The third kappa shape index (κ3) is 5.88. The summed E-state index contributed by atoms with van der Waals surface area (Å²) in [6, 6.07) is 13.5. The normalized spacial score (nSPS) is 16.4. The minimum absolute atomic E-state index is 0.0915. The average Bonchev–Trinajstić information content (AvgIpc) is 3.25. The lowest BCUT2D eigenvalue weighted by Crippen LogP contribution is -2.31. The highest BCUT2D eigenvalue weighted by molar-refractivity contribution is 6.31. The van der Waals surface area contributed by atoms with E-state index in [1.165, 1.54) is 12.1 Å². The predicted molar refractivity (Wildman–Crippen MR) is 125 cm³/mol. The largest absolute Gasteiger partial charge is 0.493 e. The van der Waals surface area contributed by atoms with Crippen molar-refractivity contribution in [2.24, 2.45) is 5.92 Å². The highest BCUT2D eigenvalue weighted by atomic mass is 35.5. The van der Waals surface area contributed by atoms with E-state index in [9.17, 15) is 9.18 Å². The second kappa shape index (κ2) is 10.5. The summed E-state index contributed by atoms with van der Waals surface area (Å²) in [4.78, 5) is 19.3. The van der Waals surface area contributed by atoms with Gasteiger partial charge < -0.3 is 15.0 Å². The van der Waals surface area contributed by atoms with Crippen molar-refractivity contribution < 1.29 is 13.9 Å². The van der Waals surface area contributed by atoms with E-state index in [0.717, 1.165) is 43.4 Å². The summed E-state index contributed by atoms with van der Waals surface area (Å²) in [5.41, 5.74) is 1.16. The minimum Gasteiger partial charge on any atom is -0.493 e. The molecule has 2 aromatic carbocycles.